The summed E-state index contributed by atoms with van der Waals surface area (Å²) in [6, 6.07) is 7.65. The van der Waals surface area contributed by atoms with Crippen LogP contribution in [-0.2, 0) is 0 Å². The van der Waals surface area contributed by atoms with Gasteiger partial charge in [-0.15, -0.1) is 24.8 Å². The lowest BCUT2D eigenvalue weighted by molar-refractivity contribution is 0.122. The van der Waals surface area contributed by atoms with E-state index in [2.05, 4.69) is 10.2 Å². The lowest BCUT2D eigenvalue weighted by Gasteiger charge is -2.38. The van der Waals surface area contributed by atoms with Gasteiger partial charge >= 0.3 is 0 Å². The zero-order valence-electron chi connectivity index (χ0n) is 12.3. The summed E-state index contributed by atoms with van der Waals surface area (Å²) in [7, 11) is 0. The molecular weight excluding hydrogens is 310 g/mol. The van der Waals surface area contributed by atoms with Crippen molar-refractivity contribution in [3.8, 4) is 0 Å². The Morgan fingerprint density at radius 1 is 1.05 bits per heavy atom. The van der Waals surface area contributed by atoms with E-state index in [0.29, 0.717) is 5.92 Å². The van der Waals surface area contributed by atoms with Crippen molar-refractivity contribution in [2.45, 2.75) is 31.7 Å². The summed E-state index contributed by atoms with van der Waals surface area (Å²) in [5.41, 5.74) is 0.913. The van der Waals surface area contributed by atoms with E-state index in [1.807, 2.05) is 12.1 Å². The number of nitrogens with one attached hydrogen (secondary N) is 1. The van der Waals surface area contributed by atoms with Gasteiger partial charge in [0.15, 0.2) is 0 Å². The Bertz CT molecular complexity index is 418. The first-order chi connectivity index (χ1) is 9.36. The molecule has 2 nitrogen and oxygen atoms in total. The lowest BCUT2D eigenvalue weighted by Crippen LogP contribution is -2.46. The summed E-state index contributed by atoms with van der Waals surface area (Å²) in [5, 5.41) is 3.39. The molecule has 1 atom stereocenters. The van der Waals surface area contributed by atoms with E-state index < -0.39 is 0 Å². The van der Waals surface area contributed by atoms with Crippen LogP contribution in [0.1, 0.15) is 37.3 Å². The normalized spacial score (nSPS) is 21.4. The van der Waals surface area contributed by atoms with Crippen LogP contribution in [0.3, 0.4) is 0 Å². The van der Waals surface area contributed by atoms with Gasteiger partial charge in [0.25, 0.3) is 0 Å². The van der Waals surface area contributed by atoms with E-state index in [-0.39, 0.29) is 36.7 Å². The van der Waals surface area contributed by atoms with Gasteiger partial charge in [0.1, 0.15) is 5.82 Å². The Kier molecular flexibility index (Phi) is 7.96. The van der Waals surface area contributed by atoms with Crippen LogP contribution in [0.4, 0.5) is 4.39 Å². The van der Waals surface area contributed by atoms with Gasteiger partial charge in [-0.05, 0) is 24.8 Å². The molecule has 2 fully saturated rings. The van der Waals surface area contributed by atoms with Crippen LogP contribution in [-0.4, -0.2) is 31.1 Å². The second-order valence-electron chi connectivity index (χ2n) is 5.80. The summed E-state index contributed by atoms with van der Waals surface area (Å²) in [6.45, 7) is 4.13. The molecule has 1 aromatic rings. The molecule has 1 aliphatic heterocycles. The zero-order valence-corrected chi connectivity index (χ0v) is 13.9. The van der Waals surface area contributed by atoms with Crippen molar-refractivity contribution in [2.75, 3.05) is 26.2 Å². The molecule has 120 valence electrons. The van der Waals surface area contributed by atoms with Gasteiger partial charge in [-0.3, -0.25) is 4.90 Å². The van der Waals surface area contributed by atoms with Gasteiger partial charge in [0, 0.05) is 37.8 Å². The summed E-state index contributed by atoms with van der Waals surface area (Å²) in [6.07, 6.45) is 5.12. The highest BCUT2D eigenvalue weighted by molar-refractivity contribution is 5.85. The standard InChI is InChI=1S/C16H23FN2.2ClH/c17-15-8-4-3-7-14(15)16(13-5-1-2-6-13)19-11-9-18-10-12-19;;/h3-4,7-8,13,16,18H,1-2,5-6,9-12H2;2*1H/t16-;;/m1../s1. The number of benzene rings is 1. The third-order valence-corrected chi connectivity index (χ3v) is 4.62. The second kappa shape index (κ2) is 8.94. The van der Waals surface area contributed by atoms with Crippen molar-refractivity contribution in [1.82, 2.24) is 10.2 Å². The predicted molar refractivity (Wildman–Crippen MR) is 90.0 cm³/mol. The number of piperazine rings is 1. The van der Waals surface area contributed by atoms with Crippen LogP contribution in [0.5, 0.6) is 0 Å². The first-order valence-corrected chi connectivity index (χ1v) is 7.55. The molecule has 5 heteroatoms. The highest BCUT2D eigenvalue weighted by Gasteiger charge is 2.33. The van der Waals surface area contributed by atoms with Crippen molar-refractivity contribution in [2.24, 2.45) is 5.92 Å². The molecule has 1 aliphatic carbocycles. The van der Waals surface area contributed by atoms with Crippen LogP contribution in [0.2, 0.25) is 0 Å². The highest BCUT2D eigenvalue weighted by atomic mass is 35.5. The molecule has 3 rings (SSSR count). The fourth-order valence-electron chi connectivity index (χ4n) is 3.70. The quantitative estimate of drug-likeness (QED) is 0.904. The summed E-state index contributed by atoms with van der Waals surface area (Å²) < 4.78 is 14.2. The molecule has 0 aromatic heterocycles. The first-order valence-electron chi connectivity index (χ1n) is 7.55. The minimum Gasteiger partial charge on any atom is -0.314 e. The molecule has 1 heterocycles. The van der Waals surface area contributed by atoms with E-state index in [4.69, 9.17) is 0 Å². The predicted octanol–water partition coefficient (Wildman–Crippen LogP) is 3.81. The fourth-order valence-corrected chi connectivity index (χ4v) is 3.70. The van der Waals surface area contributed by atoms with Crippen LogP contribution < -0.4 is 5.32 Å². The fraction of sp³-hybridized carbons (Fsp3) is 0.625. The Hall–Kier alpha value is -0.350. The summed E-state index contributed by atoms with van der Waals surface area (Å²) >= 11 is 0. The average Bonchev–Trinajstić information content (AvgIpc) is 2.96. The van der Waals surface area contributed by atoms with Crippen LogP contribution >= 0.6 is 24.8 Å². The van der Waals surface area contributed by atoms with Crippen LogP contribution in [0, 0.1) is 11.7 Å². The largest absolute Gasteiger partial charge is 0.314 e. The molecule has 1 N–H and O–H groups in total. The van der Waals surface area contributed by atoms with Crippen molar-refractivity contribution in [3.05, 3.63) is 35.6 Å². The molecule has 1 saturated heterocycles. The molecule has 1 aromatic carbocycles. The second-order valence-corrected chi connectivity index (χ2v) is 5.80. The molecule has 21 heavy (non-hydrogen) atoms. The maximum absolute atomic E-state index is 14.2. The number of rotatable bonds is 3. The van der Waals surface area contributed by atoms with Gasteiger partial charge < -0.3 is 5.32 Å². The molecule has 0 spiro atoms. The minimum atomic E-state index is -0.0297. The lowest BCUT2D eigenvalue weighted by atomic mass is 9.89. The minimum absolute atomic E-state index is 0. The van der Waals surface area contributed by atoms with E-state index in [0.717, 1.165) is 31.7 Å². The van der Waals surface area contributed by atoms with Gasteiger partial charge in [0.2, 0.25) is 0 Å². The molecule has 0 unspecified atom stereocenters. The third-order valence-electron chi connectivity index (χ3n) is 4.62. The van der Waals surface area contributed by atoms with Crippen LogP contribution in [0.15, 0.2) is 24.3 Å². The van der Waals surface area contributed by atoms with E-state index in [9.17, 15) is 4.39 Å². The number of hydrogen-bond donors (Lipinski definition) is 1. The van der Waals surface area contributed by atoms with E-state index in [1.54, 1.807) is 12.1 Å². The topological polar surface area (TPSA) is 15.3 Å². The Labute approximate surface area is 139 Å². The van der Waals surface area contributed by atoms with Crippen LogP contribution in [0.25, 0.3) is 0 Å². The van der Waals surface area contributed by atoms with Crippen molar-refractivity contribution in [3.63, 3.8) is 0 Å². The van der Waals surface area contributed by atoms with Crippen molar-refractivity contribution >= 4 is 24.8 Å². The monoisotopic (exact) mass is 334 g/mol. The number of hydrogen-bond acceptors (Lipinski definition) is 2. The first kappa shape index (κ1) is 18.7. The summed E-state index contributed by atoms with van der Waals surface area (Å²) in [5.74, 6) is 0.605. The van der Waals surface area contributed by atoms with Crippen molar-refractivity contribution in [1.29, 1.82) is 0 Å². The zero-order chi connectivity index (χ0) is 13.1. The van der Waals surface area contributed by atoms with Gasteiger partial charge in [-0.1, -0.05) is 31.0 Å². The molecule has 0 bridgehead atoms. The molecular formula is C16H25Cl2FN2. The third kappa shape index (κ3) is 4.32. The van der Waals surface area contributed by atoms with Gasteiger partial charge in [0.05, 0.1) is 0 Å². The van der Waals surface area contributed by atoms with Gasteiger partial charge in [-0.25, -0.2) is 4.39 Å². The number of halogens is 3. The van der Waals surface area contributed by atoms with E-state index >= 15 is 0 Å². The highest BCUT2D eigenvalue weighted by Crippen LogP contribution is 2.40. The Morgan fingerprint density at radius 3 is 2.29 bits per heavy atom. The maximum atomic E-state index is 14.2. The van der Waals surface area contributed by atoms with Crippen molar-refractivity contribution < 1.29 is 4.39 Å². The summed E-state index contributed by atoms with van der Waals surface area (Å²) in [4.78, 5) is 2.49. The van der Waals surface area contributed by atoms with E-state index in [1.165, 1.54) is 25.7 Å². The molecule has 0 amide bonds. The molecule has 0 radical (unpaired) electrons. The average molecular weight is 335 g/mol. The smallest absolute Gasteiger partial charge is 0.127 e. The Morgan fingerprint density at radius 2 is 1.67 bits per heavy atom. The molecule has 1 saturated carbocycles. The maximum Gasteiger partial charge on any atom is 0.127 e. The Balaban J connectivity index is 0.00000110. The van der Waals surface area contributed by atoms with Gasteiger partial charge in [-0.2, -0.15) is 0 Å². The number of nitrogens with zero attached hydrogens (tertiary/aromatic N) is 1. The SMILES string of the molecule is Cl.Cl.Fc1ccccc1[C@@H](C1CCCC1)N1CCNCC1. The molecule has 2 aliphatic rings.